The maximum atomic E-state index is 10.9. The molecule has 0 heterocycles. The molecular formula is C13H17NO3. The van der Waals surface area contributed by atoms with Gasteiger partial charge in [-0.15, -0.1) is 0 Å². The second-order valence-electron chi connectivity index (χ2n) is 3.62. The summed E-state index contributed by atoms with van der Waals surface area (Å²) in [4.78, 5) is 10.9. The van der Waals surface area contributed by atoms with E-state index in [2.05, 4.69) is 5.32 Å². The molecule has 0 saturated heterocycles. The molecule has 0 aromatic heterocycles. The van der Waals surface area contributed by atoms with Crippen LogP contribution in [0.5, 0.6) is 5.75 Å². The van der Waals surface area contributed by atoms with Gasteiger partial charge >= 0.3 is 5.97 Å². The molecular weight excluding hydrogens is 218 g/mol. The number of hydrogen-bond donors (Lipinski definition) is 2. The third-order valence-corrected chi connectivity index (χ3v) is 2.51. The molecule has 0 bridgehead atoms. The number of methoxy groups -OCH3 is 1. The molecule has 17 heavy (non-hydrogen) atoms. The van der Waals surface area contributed by atoms with Crippen LogP contribution < -0.4 is 10.1 Å². The summed E-state index contributed by atoms with van der Waals surface area (Å²) < 4.78 is 5.05. The summed E-state index contributed by atoms with van der Waals surface area (Å²) in [6.45, 7) is 3.51. The van der Waals surface area contributed by atoms with Gasteiger partial charge in [0, 0.05) is 11.4 Å². The monoisotopic (exact) mass is 235 g/mol. The molecule has 1 aromatic carbocycles. The van der Waals surface area contributed by atoms with E-state index in [-0.39, 0.29) is 0 Å². The first-order chi connectivity index (χ1) is 8.08. The second kappa shape index (κ2) is 5.94. The van der Waals surface area contributed by atoms with Crippen LogP contribution in [0.4, 0.5) is 5.69 Å². The highest BCUT2D eigenvalue weighted by atomic mass is 16.5. The number of benzene rings is 1. The Bertz CT molecular complexity index is 421. The lowest BCUT2D eigenvalue weighted by Crippen LogP contribution is -2.07. The minimum absolute atomic E-state index is 0.336. The lowest BCUT2D eigenvalue weighted by atomic mass is 10.2. The fraction of sp³-hybridized carbons (Fsp3) is 0.308. The molecule has 0 atom stereocenters. The topological polar surface area (TPSA) is 58.6 Å². The van der Waals surface area contributed by atoms with Gasteiger partial charge in [0.1, 0.15) is 5.75 Å². The van der Waals surface area contributed by atoms with Crippen molar-refractivity contribution >= 4 is 11.7 Å². The van der Waals surface area contributed by atoms with Crippen molar-refractivity contribution in [3.8, 4) is 5.75 Å². The third-order valence-electron chi connectivity index (χ3n) is 2.51. The largest absolute Gasteiger partial charge is 0.497 e. The van der Waals surface area contributed by atoms with Crippen LogP contribution in [0.3, 0.4) is 0 Å². The average Bonchev–Trinajstić information content (AvgIpc) is 2.35. The lowest BCUT2D eigenvalue weighted by Gasteiger charge is -2.11. The highest BCUT2D eigenvalue weighted by Crippen LogP contribution is 2.19. The Balaban J connectivity index is 2.88. The van der Waals surface area contributed by atoms with Crippen molar-refractivity contribution in [3.05, 3.63) is 35.5 Å². The molecule has 0 spiro atoms. The number of carboxylic acids is 1. The quantitative estimate of drug-likeness (QED) is 0.770. The summed E-state index contributed by atoms with van der Waals surface area (Å²) in [5.41, 5.74) is 1.90. The number of anilines is 1. The normalized spacial score (nSPS) is 11.7. The smallest absolute Gasteiger partial charge is 0.333 e. The molecule has 0 amide bonds. The third kappa shape index (κ3) is 3.52. The molecule has 0 aliphatic carbocycles. The Kier molecular flexibility index (Phi) is 4.57. The summed E-state index contributed by atoms with van der Waals surface area (Å²) in [6.07, 6.45) is 0.643. The molecule has 1 aromatic rings. The first kappa shape index (κ1) is 13.1. The fourth-order valence-corrected chi connectivity index (χ4v) is 1.42. The molecule has 0 radical (unpaired) electrons. The number of ether oxygens (including phenoxy) is 1. The first-order valence-electron chi connectivity index (χ1n) is 5.42. The fourth-order valence-electron chi connectivity index (χ4n) is 1.42. The van der Waals surface area contributed by atoms with Crippen LogP contribution in [0.25, 0.3) is 0 Å². The van der Waals surface area contributed by atoms with Gasteiger partial charge in [-0.2, -0.15) is 0 Å². The Morgan fingerprint density at radius 3 is 2.35 bits per heavy atom. The molecule has 0 unspecified atom stereocenters. The van der Waals surface area contributed by atoms with Gasteiger partial charge in [-0.25, -0.2) is 4.79 Å². The highest BCUT2D eigenvalue weighted by molar-refractivity contribution is 5.87. The van der Waals surface area contributed by atoms with E-state index in [0.717, 1.165) is 11.4 Å². The van der Waals surface area contributed by atoms with E-state index in [1.54, 1.807) is 14.0 Å². The lowest BCUT2D eigenvalue weighted by molar-refractivity contribution is -0.132. The van der Waals surface area contributed by atoms with Crippen molar-refractivity contribution < 1.29 is 14.6 Å². The van der Waals surface area contributed by atoms with Crippen LogP contribution in [0.2, 0.25) is 0 Å². The van der Waals surface area contributed by atoms with Crippen molar-refractivity contribution in [3.63, 3.8) is 0 Å². The predicted octanol–water partition coefficient (Wildman–Crippen LogP) is 2.88. The van der Waals surface area contributed by atoms with Gasteiger partial charge in [0.05, 0.1) is 12.7 Å². The van der Waals surface area contributed by atoms with Crippen molar-refractivity contribution in [2.24, 2.45) is 0 Å². The molecule has 92 valence electrons. The Morgan fingerprint density at radius 2 is 1.94 bits per heavy atom. The molecule has 1 rings (SSSR count). The standard InChI is InChI=1S/C13H17NO3/c1-4-12(9(2)13(15)16)14-10-5-7-11(17-3)8-6-10/h5-8,14H,4H2,1-3H3,(H,15,16). The van der Waals surface area contributed by atoms with Gasteiger partial charge in [0.25, 0.3) is 0 Å². The maximum absolute atomic E-state index is 10.9. The number of hydrogen-bond acceptors (Lipinski definition) is 3. The summed E-state index contributed by atoms with van der Waals surface area (Å²) in [5.74, 6) is -0.129. The summed E-state index contributed by atoms with van der Waals surface area (Å²) in [6, 6.07) is 7.35. The molecule has 0 aliphatic heterocycles. The van der Waals surface area contributed by atoms with Crippen molar-refractivity contribution in [2.75, 3.05) is 12.4 Å². The molecule has 2 N–H and O–H groups in total. The van der Waals surface area contributed by atoms with Crippen molar-refractivity contribution in [1.29, 1.82) is 0 Å². The van der Waals surface area contributed by atoms with Crippen LogP contribution in [0.15, 0.2) is 35.5 Å². The van der Waals surface area contributed by atoms with Crippen LogP contribution in [0, 0.1) is 0 Å². The van der Waals surface area contributed by atoms with Crippen molar-refractivity contribution in [1.82, 2.24) is 0 Å². The van der Waals surface area contributed by atoms with E-state index in [9.17, 15) is 4.79 Å². The minimum Gasteiger partial charge on any atom is -0.497 e. The molecule has 0 aliphatic rings. The van der Waals surface area contributed by atoms with E-state index in [1.807, 2.05) is 31.2 Å². The first-order valence-corrected chi connectivity index (χ1v) is 5.42. The molecule has 0 saturated carbocycles. The summed E-state index contributed by atoms with van der Waals surface area (Å²) in [7, 11) is 1.61. The van der Waals surface area contributed by atoms with E-state index in [1.165, 1.54) is 0 Å². The number of carbonyl (C=O) groups is 1. The highest BCUT2D eigenvalue weighted by Gasteiger charge is 2.07. The van der Waals surface area contributed by atoms with Crippen molar-refractivity contribution in [2.45, 2.75) is 20.3 Å². The number of allylic oxidation sites excluding steroid dienone is 1. The zero-order valence-corrected chi connectivity index (χ0v) is 10.3. The number of aliphatic carboxylic acids is 1. The van der Waals surface area contributed by atoms with E-state index < -0.39 is 5.97 Å². The average molecular weight is 235 g/mol. The zero-order valence-electron chi connectivity index (χ0n) is 10.3. The number of rotatable bonds is 5. The molecule has 0 fully saturated rings. The summed E-state index contributed by atoms with van der Waals surface area (Å²) in [5, 5.41) is 12.0. The Morgan fingerprint density at radius 1 is 1.35 bits per heavy atom. The SMILES string of the molecule is CCC(Nc1ccc(OC)cc1)=C(C)C(=O)O. The van der Waals surface area contributed by atoms with Crippen LogP contribution in [0.1, 0.15) is 20.3 Å². The van der Waals surface area contributed by atoms with Gasteiger partial charge in [-0.1, -0.05) is 6.92 Å². The Hall–Kier alpha value is -1.97. The molecule has 4 heteroatoms. The number of carboxylic acid groups (broad SMARTS) is 1. The van der Waals surface area contributed by atoms with Crippen LogP contribution in [-0.4, -0.2) is 18.2 Å². The van der Waals surface area contributed by atoms with Gasteiger partial charge in [0.15, 0.2) is 0 Å². The van der Waals surface area contributed by atoms with Gasteiger partial charge in [0.2, 0.25) is 0 Å². The van der Waals surface area contributed by atoms with E-state index in [4.69, 9.17) is 9.84 Å². The second-order valence-corrected chi connectivity index (χ2v) is 3.62. The zero-order chi connectivity index (χ0) is 12.8. The number of nitrogens with one attached hydrogen (secondary N) is 1. The predicted molar refractivity (Wildman–Crippen MR) is 67.2 cm³/mol. The van der Waals surface area contributed by atoms with Crippen LogP contribution in [-0.2, 0) is 4.79 Å². The van der Waals surface area contributed by atoms with Gasteiger partial charge < -0.3 is 15.2 Å². The van der Waals surface area contributed by atoms with Gasteiger partial charge in [-0.3, -0.25) is 0 Å². The van der Waals surface area contributed by atoms with E-state index >= 15 is 0 Å². The summed E-state index contributed by atoms with van der Waals surface area (Å²) >= 11 is 0. The minimum atomic E-state index is -0.900. The van der Waals surface area contributed by atoms with E-state index in [0.29, 0.717) is 17.7 Å². The van der Waals surface area contributed by atoms with Crippen LogP contribution >= 0.6 is 0 Å². The van der Waals surface area contributed by atoms with Gasteiger partial charge in [-0.05, 0) is 37.6 Å². The maximum Gasteiger partial charge on any atom is 0.333 e. The Labute approximate surface area is 101 Å². The molecule has 4 nitrogen and oxygen atoms in total.